The molecular formula is C16H21N3O. The van der Waals surface area contributed by atoms with E-state index < -0.39 is 0 Å². The molecule has 1 heterocycles. The summed E-state index contributed by atoms with van der Waals surface area (Å²) in [5, 5.41) is 4.04. The predicted octanol–water partition coefficient (Wildman–Crippen LogP) is 2.76. The maximum atomic E-state index is 6.19. The van der Waals surface area contributed by atoms with Gasteiger partial charge >= 0.3 is 0 Å². The smallest absolute Gasteiger partial charge is 0.227 e. The van der Waals surface area contributed by atoms with Gasteiger partial charge in [0.2, 0.25) is 5.89 Å². The monoisotopic (exact) mass is 271 g/mol. The molecule has 1 aromatic heterocycles. The van der Waals surface area contributed by atoms with E-state index in [4.69, 9.17) is 10.3 Å². The second-order valence-corrected chi connectivity index (χ2v) is 5.69. The molecule has 0 saturated heterocycles. The summed E-state index contributed by atoms with van der Waals surface area (Å²) in [6.45, 7) is 2.16. The molecule has 0 aliphatic heterocycles. The number of aromatic nitrogens is 2. The summed E-state index contributed by atoms with van der Waals surface area (Å²) in [5.41, 5.74) is 8.53. The first-order chi connectivity index (χ1) is 9.69. The van der Waals surface area contributed by atoms with Gasteiger partial charge in [-0.15, -0.1) is 0 Å². The Morgan fingerprint density at radius 1 is 1.15 bits per heavy atom. The van der Waals surface area contributed by atoms with Crippen LogP contribution in [-0.2, 0) is 24.8 Å². The molecule has 4 heteroatoms. The van der Waals surface area contributed by atoms with Gasteiger partial charge in [0, 0.05) is 6.42 Å². The van der Waals surface area contributed by atoms with E-state index in [1.807, 2.05) is 0 Å². The summed E-state index contributed by atoms with van der Waals surface area (Å²) in [5.74, 6) is 1.37. The topological polar surface area (TPSA) is 64.9 Å². The van der Waals surface area contributed by atoms with Crippen LogP contribution in [-0.4, -0.2) is 10.1 Å². The van der Waals surface area contributed by atoms with Crippen molar-refractivity contribution in [3.63, 3.8) is 0 Å². The first-order valence-electron chi connectivity index (χ1n) is 7.39. The molecule has 1 aromatic carbocycles. The molecule has 0 radical (unpaired) electrons. The normalized spacial score (nSPS) is 16.9. The van der Waals surface area contributed by atoms with Gasteiger partial charge in [-0.25, -0.2) is 0 Å². The Balaban J connectivity index is 1.60. The van der Waals surface area contributed by atoms with E-state index >= 15 is 0 Å². The van der Waals surface area contributed by atoms with Crippen LogP contribution in [0.15, 0.2) is 28.8 Å². The lowest BCUT2D eigenvalue weighted by molar-refractivity contribution is 0.229. The van der Waals surface area contributed by atoms with Crippen molar-refractivity contribution in [2.75, 3.05) is 0 Å². The molecule has 0 atom stereocenters. The molecule has 0 bridgehead atoms. The number of hydrogen-bond donors (Lipinski definition) is 1. The number of benzene rings is 1. The highest BCUT2D eigenvalue weighted by atomic mass is 16.5. The number of nitrogens with two attached hydrogens (primary N) is 1. The Bertz CT molecular complexity index is 570. The highest BCUT2D eigenvalue weighted by Crippen LogP contribution is 2.36. The lowest BCUT2D eigenvalue weighted by Crippen LogP contribution is -2.44. The Morgan fingerprint density at radius 3 is 2.45 bits per heavy atom. The molecular weight excluding hydrogens is 250 g/mol. The van der Waals surface area contributed by atoms with E-state index in [0.29, 0.717) is 11.7 Å². The largest absolute Gasteiger partial charge is 0.339 e. The van der Waals surface area contributed by atoms with Crippen molar-refractivity contribution >= 4 is 0 Å². The summed E-state index contributed by atoms with van der Waals surface area (Å²) in [6.07, 6.45) is 5.85. The van der Waals surface area contributed by atoms with Crippen LogP contribution in [0, 0.1) is 0 Å². The predicted molar refractivity (Wildman–Crippen MR) is 77.2 cm³/mol. The fourth-order valence-corrected chi connectivity index (χ4v) is 2.53. The SMILES string of the molecule is CCc1ccc(CCc2nc(C3(N)CCC3)no2)cc1. The molecule has 20 heavy (non-hydrogen) atoms. The van der Waals surface area contributed by atoms with Gasteiger partial charge in [-0.2, -0.15) is 4.98 Å². The van der Waals surface area contributed by atoms with Gasteiger partial charge in [-0.1, -0.05) is 36.3 Å². The number of nitrogens with zero attached hydrogens (tertiary/aromatic N) is 2. The molecule has 0 spiro atoms. The standard InChI is InChI=1S/C16H21N3O/c1-2-12-4-6-13(7-5-12)8-9-14-18-15(19-20-14)16(17)10-3-11-16/h4-7H,2-3,8-11,17H2,1H3. The Hall–Kier alpha value is -1.68. The van der Waals surface area contributed by atoms with Gasteiger partial charge in [0.1, 0.15) is 0 Å². The van der Waals surface area contributed by atoms with Gasteiger partial charge < -0.3 is 10.3 Å². The second kappa shape index (κ2) is 5.37. The lowest BCUT2D eigenvalue weighted by atomic mass is 9.77. The van der Waals surface area contributed by atoms with Crippen molar-refractivity contribution < 1.29 is 4.52 Å². The quantitative estimate of drug-likeness (QED) is 0.908. The van der Waals surface area contributed by atoms with Crippen LogP contribution in [0.25, 0.3) is 0 Å². The molecule has 1 saturated carbocycles. The van der Waals surface area contributed by atoms with Gasteiger partial charge in [0.05, 0.1) is 5.54 Å². The van der Waals surface area contributed by atoms with Crippen molar-refractivity contribution in [3.05, 3.63) is 47.1 Å². The second-order valence-electron chi connectivity index (χ2n) is 5.69. The Kier molecular flexibility index (Phi) is 3.57. The van der Waals surface area contributed by atoms with Gasteiger partial charge in [0.15, 0.2) is 5.82 Å². The third kappa shape index (κ3) is 2.61. The summed E-state index contributed by atoms with van der Waals surface area (Å²) in [4.78, 5) is 4.45. The molecule has 0 amide bonds. The number of hydrogen-bond acceptors (Lipinski definition) is 4. The zero-order chi connectivity index (χ0) is 14.0. The zero-order valence-corrected chi connectivity index (χ0v) is 11.9. The van der Waals surface area contributed by atoms with Crippen LogP contribution in [0.1, 0.15) is 49.0 Å². The number of aryl methyl sites for hydroxylation is 3. The van der Waals surface area contributed by atoms with E-state index in [0.717, 1.165) is 38.5 Å². The minimum atomic E-state index is -0.329. The summed E-state index contributed by atoms with van der Waals surface area (Å²) in [6, 6.07) is 8.70. The lowest BCUT2D eigenvalue weighted by Gasteiger charge is -2.34. The molecule has 4 nitrogen and oxygen atoms in total. The molecule has 2 N–H and O–H groups in total. The maximum absolute atomic E-state index is 6.19. The molecule has 1 aliphatic rings. The van der Waals surface area contributed by atoms with Gasteiger partial charge in [0.25, 0.3) is 0 Å². The van der Waals surface area contributed by atoms with Crippen molar-refractivity contribution in [1.82, 2.24) is 10.1 Å². The zero-order valence-electron chi connectivity index (χ0n) is 11.9. The van der Waals surface area contributed by atoms with Crippen LogP contribution in [0.5, 0.6) is 0 Å². The Labute approximate surface area is 119 Å². The van der Waals surface area contributed by atoms with Crippen LogP contribution < -0.4 is 5.73 Å². The Morgan fingerprint density at radius 2 is 1.85 bits per heavy atom. The van der Waals surface area contributed by atoms with Crippen LogP contribution in [0.3, 0.4) is 0 Å². The van der Waals surface area contributed by atoms with Crippen molar-refractivity contribution in [3.8, 4) is 0 Å². The molecule has 106 valence electrons. The molecule has 1 fully saturated rings. The first-order valence-corrected chi connectivity index (χ1v) is 7.39. The van der Waals surface area contributed by atoms with Crippen LogP contribution >= 0.6 is 0 Å². The molecule has 1 aliphatic carbocycles. The third-order valence-corrected chi connectivity index (χ3v) is 4.22. The highest BCUT2D eigenvalue weighted by molar-refractivity contribution is 5.23. The van der Waals surface area contributed by atoms with E-state index in [9.17, 15) is 0 Å². The van der Waals surface area contributed by atoms with Crippen molar-refractivity contribution in [1.29, 1.82) is 0 Å². The van der Waals surface area contributed by atoms with Crippen molar-refractivity contribution in [2.45, 2.75) is 51.0 Å². The van der Waals surface area contributed by atoms with E-state index in [1.54, 1.807) is 0 Å². The van der Waals surface area contributed by atoms with Crippen LogP contribution in [0.4, 0.5) is 0 Å². The van der Waals surface area contributed by atoms with Crippen LogP contribution in [0.2, 0.25) is 0 Å². The van der Waals surface area contributed by atoms with Gasteiger partial charge in [-0.05, 0) is 43.2 Å². The highest BCUT2D eigenvalue weighted by Gasteiger charge is 2.38. The minimum Gasteiger partial charge on any atom is -0.339 e. The first kappa shape index (κ1) is 13.3. The third-order valence-electron chi connectivity index (χ3n) is 4.22. The summed E-state index contributed by atoms with van der Waals surface area (Å²) < 4.78 is 5.31. The summed E-state index contributed by atoms with van der Waals surface area (Å²) >= 11 is 0. The van der Waals surface area contributed by atoms with E-state index in [2.05, 4.69) is 41.3 Å². The average Bonchev–Trinajstić information content (AvgIpc) is 2.92. The number of rotatable bonds is 5. The average molecular weight is 271 g/mol. The van der Waals surface area contributed by atoms with E-state index in [-0.39, 0.29) is 5.54 Å². The minimum absolute atomic E-state index is 0.329. The molecule has 3 rings (SSSR count). The fraction of sp³-hybridized carbons (Fsp3) is 0.500. The molecule has 0 unspecified atom stereocenters. The molecule has 2 aromatic rings. The van der Waals surface area contributed by atoms with E-state index in [1.165, 1.54) is 11.1 Å². The maximum Gasteiger partial charge on any atom is 0.227 e. The van der Waals surface area contributed by atoms with Gasteiger partial charge in [-0.3, -0.25) is 0 Å². The summed E-state index contributed by atoms with van der Waals surface area (Å²) in [7, 11) is 0. The van der Waals surface area contributed by atoms with Crippen molar-refractivity contribution in [2.24, 2.45) is 5.73 Å². The fourth-order valence-electron chi connectivity index (χ4n) is 2.53.